The third-order valence-corrected chi connectivity index (χ3v) is 2.31. The molecule has 0 unspecified atom stereocenters. The van der Waals surface area contributed by atoms with Gasteiger partial charge in [0.15, 0.2) is 6.61 Å². The van der Waals surface area contributed by atoms with Crippen LogP contribution in [0.3, 0.4) is 0 Å². The van der Waals surface area contributed by atoms with E-state index in [0.29, 0.717) is 11.4 Å². The smallest absolute Gasteiger partial charge is 0.265 e. The first-order chi connectivity index (χ1) is 7.72. The summed E-state index contributed by atoms with van der Waals surface area (Å²) in [5.41, 5.74) is 0.395. The van der Waals surface area contributed by atoms with Crippen molar-refractivity contribution in [2.45, 2.75) is 6.42 Å². The molecule has 1 aromatic carbocycles. The second kappa shape index (κ2) is 4.19. The molecule has 0 aromatic heterocycles. The minimum Gasteiger partial charge on any atom is -0.482 e. The second-order valence-electron chi connectivity index (χ2n) is 3.35. The van der Waals surface area contributed by atoms with Crippen molar-refractivity contribution in [3.8, 4) is 11.8 Å². The van der Waals surface area contributed by atoms with Crippen LogP contribution in [0.25, 0.3) is 0 Å². The number of nitrogens with zero attached hydrogens (tertiary/aromatic N) is 2. The number of hydrogen-bond acceptors (Lipinski definition) is 3. The summed E-state index contributed by atoms with van der Waals surface area (Å²) in [5, 5.41) is 8.49. The lowest BCUT2D eigenvalue weighted by atomic mass is 10.2. The van der Waals surface area contributed by atoms with Crippen molar-refractivity contribution in [3.63, 3.8) is 0 Å². The highest BCUT2D eigenvalue weighted by Gasteiger charge is 2.25. The van der Waals surface area contributed by atoms with E-state index < -0.39 is 5.82 Å². The van der Waals surface area contributed by atoms with Crippen LogP contribution in [0.2, 0.25) is 0 Å². The van der Waals surface area contributed by atoms with E-state index in [1.54, 1.807) is 0 Å². The van der Waals surface area contributed by atoms with Crippen molar-refractivity contribution in [2.24, 2.45) is 0 Å². The quantitative estimate of drug-likeness (QED) is 0.758. The minimum atomic E-state index is -0.431. The van der Waals surface area contributed by atoms with Gasteiger partial charge >= 0.3 is 0 Å². The monoisotopic (exact) mass is 220 g/mol. The van der Waals surface area contributed by atoms with Gasteiger partial charge in [-0.1, -0.05) is 0 Å². The van der Waals surface area contributed by atoms with E-state index in [1.165, 1.54) is 23.1 Å². The summed E-state index contributed by atoms with van der Waals surface area (Å²) in [6.07, 6.45) is 0.210. The molecule has 1 aromatic rings. The molecular formula is C11H9FN2O2. The highest BCUT2D eigenvalue weighted by atomic mass is 19.1. The Morgan fingerprint density at radius 1 is 1.56 bits per heavy atom. The van der Waals surface area contributed by atoms with Gasteiger partial charge < -0.3 is 9.64 Å². The molecule has 4 nitrogen and oxygen atoms in total. The summed E-state index contributed by atoms with van der Waals surface area (Å²) < 4.78 is 18.2. The fourth-order valence-corrected chi connectivity index (χ4v) is 1.58. The number of anilines is 1. The Morgan fingerprint density at radius 3 is 3.12 bits per heavy atom. The molecule has 5 heteroatoms. The largest absolute Gasteiger partial charge is 0.482 e. The minimum absolute atomic E-state index is 0.0654. The molecule has 82 valence electrons. The van der Waals surface area contributed by atoms with Crippen LogP contribution in [0.1, 0.15) is 6.42 Å². The maximum absolute atomic E-state index is 13.1. The molecular weight excluding hydrogens is 211 g/mol. The van der Waals surface area contributed by atoms with Crippen molar-refractivity contribution in [3.05, 3.63) is 24.0 Å². The van der Waals surface area contributed by atoms with Crippen molar-refractivity contribution in [2.75, 3.05) is 18.1 Å². The van der Waals surface area contributed by atoms with Gasteiger partial charge in [-0.25, -0.2) is 4.39 Å². The van der Waals surface area contributed by atoms with Gasteiger partial charge in [-0.05, 0) is 12.1 Å². The third kappa shape index (κ3) is 1.82. The first-order valence-corrected chi connectivity index (χ1v) is 4.82. The van der Waals surface area contributed by atoms with Gasteiger partial charge in [0.25, 0.3) is 5.91 Å². The molecule has 0 aliphatic carbocycles. The number of rotatable bonds is 2. The van der Waals surface area contributed by atoms with Crippen molar-refractivity contribution in [1.29, 1.82) is 5.26 Å². The van der Waals surface area contributed by atoms with Gasteiger partial charge in [-0.3, -0.25) is 4.79 Å². The third-order valence-electron chi connectivity index (χ3n) is 2.31. The van der Waals surface area contributed by atoms with Crippen molar-refractivity contribution in [1.82, 2.24) is 0 Å². The van der Waals surface area contributed by atoms with E-state index >= 15 is 0 Å². The molecule has 1 aliphatic rings. The Balaban J connectivity index is 2.35. The van der Waals surface area contributed by atoms with E-state index in [1.807, 2.05) is 6.07 Å². The van der Waals surface area contributed by atoms with Crippen LogP contribution >= 0.6 is 0 Å². The normalized spacial score (nSPS) is 14.0. The average molecular weight is 220 g/mol. The molecule has 0 N–H and O–H groups in total. The molecule has 2 rings (SSSR count). The number of benzene rings is 1. The lowest BCUT2D eigenvalue weighted by Crippen LogP contribution is -2.39. The lowest BCUT2D eigenvalue weighted by molar-refractivity contribution is -0.121. The number of halogens is 1. The van der Waals surface area contributed by atoms with Gasteiger partial charge in [-0.15, -0.1) is 0 Å². The summed E-state index contributed by atoms with van der Waals surface area (Å²) in [6.45, 7) is 0.194. The van der Waals surface area contributed by atoms with Crippen LogP contribution in [0.15, 0.2) is 18.2 Å². The first kappa shape index (κ1) is 10.4. The van der Waals surface area contributed by atoms with E-state index in [4.69, 9.17) is 10.00 Å². The van der Waals surface area contributed by atoms with Gasteiger partial charge in [0.2, 0.25) is 0 Å². The number of hydrogen-bond donors (Lipinski definition) is 0. The zero-order valence-electron chi connectivity index (χ0n) is 8.44. The standard InChI is InChI=1S/C11H9FN2O2/c12-8-2-3-10-9(6-8)14(5-1-4-13)11(15)7-16-10/h2-3,6H,1,5,7H2. The molecule has 0 saturated heterocycles. The fourth-order valence-electron chi connectivity index (χ4n) is 1.58. The van der Waals surface area contributed by atoms with Crippen molar-refractivity contribution < 1.29 is 13.9 Å². The van der Waals surface area contributed by atoms with Gasteiger partial charge in [0.05, 0.1) is 18.2 Å². The maximum Gasteiger partial charge on any atom is 0.265 e. The fraction of sp³-hybridized carbons (Fsp3) is 0.273. The number of amides is 1. The molecule has 0 radical (unpaired) electrons. The zero-order valence-corrected chi connectivity index (χ0v) is 8.44. The Labute approximate surface area is 91.8 Å². The molecule has 0 bridgehead atoms. The van der Waals surface area contributed by atoms with Crippen LogP contribution in [-0.4, -0.2) is 19.1 Å². The molecule has 0 fully saturated rings. The van der Waals surface area contributed by atoms with Gasteiger partial charge in [-0.2, -0.15) is 5.26 Å². The summed E-state index contributed by atoms with van der Waals surface area (Å²) >= 11 is 0. The number of nitriles is 1. The molecule has 16 heavy (non-hydrogen) atoms. The zero-order chi connectivity index (χ0) is 11.5. The number of ether oxygens (including phenoxy) is 1. The predicted molar refractivity (Wildman–Crippen MR) is 54.5 cm³/mol. The summed E-state index contributed by atoms with van der Waals surface area (Å²) in [5.74, 6) is -0.216. The SMILES string of the molecule is N#CCCN1C(=O)COc2ccc(F)cc21. The lowest BCUT2D eigenvalue weighted by Gasteiger charge is -2.28. The number of fused-ring (bicyclic) bond motifs is 1. The number of carbonyl (C=O) groups is 1. The molecule has 0 atom stereocenters. The second-order valence-corrected chi connectivity index (χ2v) is 3.35. The Hall–Kier alpha value is -2.09. The predicted octanol–water partition coefficient (Wildman–Crippen LogP) is 1.46. The summed E-state index contributed by atoms with van der Waals surface area (Å²) in [4.78, 5) is 12.9. The van der Waals surface area contributed by atoms with Crippen molar-refractivity contribution >= 4 is 11.6 Å². The van der Waals surface area contributed by atoms with E-state index in [-0.39, 0.29) is 25.5 Å². The molecule has 1 aliphatic heterocycles. The molecule has 0 saturated carbocycles. The highest BCUT2D eigenvalue weighted by molar-refractivity contribution is 5.97. The van der Waals surface area contributed by atoms with E-state index in [0.717, 1.165) is 0 Å². The summed E-state index contributed by atoms with van der Waals surface area (Å²) in [6, 6.07) is 5.95. The van der Waals surface area contributed by atoms with Gasteiger partial charge in [0, 0.05) is 12.6 Å². The van der Waals surface area contributed by atoms with Crippen LogP contribution in [0.5, 0.6) is 5.75 Å². The molecule has 1 amide bonds. The topological polar surface area (TPSA) is 53.3 Å². The molecule has 0 spiro atoms. The van der Waals surface area contributed by atoms with Crippen LogP contribution in [-0.2, 0) is 4.79 Å². The highest BCUT2D eigenvalue weighted by Crippen LogP contribution is 2.32. The average Bonchev–Trinajstić information content (AvgIpc) is 2.28. The van der Waals surface area contributed by atoms with Crippen LogP contribution < -0.4 is 9.64 Å². The van der Waals surface area contributed by atoms with Crippen LogP contribution in [0.4, 0.5) is 10.1 Å². The van der Waals surface area contributed by atoms with E-state index in [2.05, 4.69) is 0 Å². The maximum atomic E-state index is 13.1. The Morgan fingerprint density at radius 2 is 2.38 bits per heavy atom. The Bertz CT molecular complexity index is 468. The molecule has 1 heterocycles. The number of carbonyl (C=O) groups excluding carboxylic acids is 1. The summed E-state index contributed by atoms with van der Waals surface area (Å²) in [7, 11) is 0. The van der Waals surface area contributed by atoms with Crippen LogP contribution in [0, 0.1) is 17.1 Å². The Kier molecular flexibility index (Phi) is 2.73. The first-order valence-electron chi connectivity index (χ1n) is 4.82. The van der Waals surface area contributed by atoms with E-state index in [9.17, 15) is 9.18 Å². The van der Waals surface area contributed by atoms with Gasteiger partial charge in [0.1, 0.15) is 11.6 Å².